The molecule has 0 spiro atoms. The largest absolute Gasteiger partial charge is 0.481 e. The first-order chi connectivity index (χ1) is 16.0. The average Bonchev–Trinajstić information content (AvgIpc) is 3.06. The number of rotatable bonds is 11. The maximum Gasteiger partial charge on any atom is 0.344 e. The molecule has 2 rings (SSSR count). The van der Waals surface area contributed by atoms with Gasteiger partial charge in [-0.3, -0.25) is 9.59 Å². The zero-order valence-corrected chi connectivity index (χ0v) is 22.0. The van der Waals surface area contributed by atoms with Crippen LogP contribution in [-0.4, -0.2) is 54.1 Å². The lowest BCUT2D eigenvalue weighted by molar-refractivity contribution is -0.896. The normalized spacial score (nSPS) is 11.2. The summed E-state index contributed by atoms with van der Waals surface area (Å²) in [5.74, 6) is -1.97. The second-order valence-electron chi connectivity index (χ2n) is 8.89. The Morgan fingerprint density at radius 1 is 1.09 bits per heavy atom. The van der Waals surface area contributed by atoms with Crippen molar-refractivity contribution in [2.24, 2.45) is 5.73 Å². The van der Waals surface area contributed by atoms with Crippen LogP contribution in [0.2, 0.25) is 0 Å². The number of hydrogen-bond acceptors (Lipinski definition) is 5. The minimum absolute atomic E-state index is 0.225. The number of quaternary nitrogens is 1. The number of nitrogens with zero attached hydrogens (tertiary/aromatic N) is 1. The zero-order valence-electron chi connectivity index (χ0n) is 22.0. The smallest absolute Gasteiger partial charge is 0.344 e. The fourth-order valence-corrected chi connectivity index (χ4v) is 3.90. The summed E-state index contributed by atoms with van der Waals surface area (Å²) in [5.41, 5.74) is 6.36. The summed E-state index contributed by atoms with van der Waals surface area (Å²) < 4.78 is 13.1. The second kappa shape index (κ2) is 13.1. The van der Waals surface area contributed by atoms with Gasteiger partial charge in [-0.15, -0.1) is 0 Å². The van der Waals surface area contributed by atoms with Gasteiger partial charge in [0.1, 0.15) is 11.4 Å². The molecule has 0 radical (unpaired) electrons. The molecule has 190 valence electrons. The van der Waals surface area contributed by atoms with Gasteiger partial charge in [-0.2, -0.15) is 0 Å². The molecule has 0 fully saturated rings. The quantitative estimate of drug-likeness (QED) is 0.295. The van der Waals surface area contributed by atoms with E-state index in [0.29, 0.717) is 23.4 Å². The molecule has 0 aliphatic heterocycles. The first-order valence-electron chi connectivity index (χ1n) is 12.1. The van der Waals surface area contributed by atoms with Crippen LogP contribution in [-0.2, 0) is 20.9 Å². The number of ether oxygens (including phenoxy) is 2. The average molecular weight is 477 g/mol. The molecule has 0 atom stereocenters. The summed E-state index contributed by atoms with van der Waals surface area (Å²) in [6.07, 6.45) is 0.912. The summed E-state index contributed by atoms with van der Waals surface area (Å²) in [7, 11) is 0. The van der Waals surface area contributed by atoms with Crippen molar-refractivity contribution in [3.8, 4) is 5.75 Å². The summed E-state index contributed by atoms with van der Waals surface area (Å²) in [4.78, 5) is 38.1. The van der Waals surface area contributed by atoms with E-state index in [1.165, 1.54) is 4.90 Å². The minimum atomic E-state index is -1.03. The van der Waals surface area contributed by atoms with Gasteiger partial charge in [-0.05, 0) is 53.7 Å². The molecule has 0 saturated carbocycles. The number of Topliss-reactive ketones (excluding diaryl/α,β-unsaturated/α-hetero) is 1. The number of fused-ring (bicyclic) bond motifs is 1. The van der Waals surface area contributed by atoms with E-state index in [1.54, 1.807) is 39.8 Å². The van der Waals surface area contributed by atoms with Gasteiger partial charge in [0.05, 0.1) is 36.1 Å². The summed E-state index contributed by atoms with van der Waals surface area (Å²) in [6.45, 7) is 18.9. The van der Waals surface area contributed by atoms with Crippen LogP contribution in [0.3, 0.4) is 0 Å². The monoisotopic (exact) mass is 476 g/mol. The molecule has 0 bridgehead atoms. The van der Waals surface area contributed by atoms with Crippen LogP contribution >= 0.6 is 0 Å². The number of amides is 1. The van der Waals surface area contributed by atoms with Crippen LogP contribution < -0.4 is 15.4 Å². The summed E-state index contributed by atoms with van der Waals surface area (Å²) in [6, 6.07) is 5.36. The van der Waals surface area contributed by atoms with Crippen LogP contribution in [0.5, 0.6) is 5.75 Å². The molecule has 34 heavy (non-hydrogen) atoms. The van der Waals surface area contributed by atoms with E-state index in [0.717, 1.165) is 31.6 Å². The Morgan fingerprint density at radius 3 is 2.24 bits per heavy atom. The summed E-state index contributed by atoms with van der Waals surface area (Å²) >= 11 is 0. The lowest BCUT2D eigenvalue weighted by atomic mass is 10.1. The molecule has 8 nitrogen and oxygen atoms in total. The van der Waals surface area contributed by atoms with E-state index in [2.05, 4.69) is 13.8 Å². The van der Waals surface area contributed by atoms with E-state index in [1.807, 2.05) is 24.5 Å². The Labute approximate surface area is 203 Å². The van der Waals surface area contributed by atoms with E-state index >= 15 is 0 Å². The molecular weight excluding hydrogens is 434 g/mol. The molecule has 8 heteroatoms. The number of aromatic nitrogens is 1. The minimum Gasteiger partial charge on any atom is -0.481 e. The molecule has 0 aliphatic rings. The van der Waals surface area contributed by atoms with Gasteiger partial charge >= 0.3 is 5.97 Å². The Bertz CT molecular complexity index is 984. The third-order valence-electron chi connectivity index (χ3n) is 5.44. The Morgan fingerprint density at radius 2 is 1.71 bits per heavy atom. The number of hydrogen-bond donors (Lipinski definition) is 2. The predicted octanol–water partition coefficient (Wildman–Crippen LogP) is 2.68. The van der Waals surface area contributed by atoms with Crippen LogP contribution in [0, 0.1) is 6.92 Å². The SMILES string of the molecule is CC.CC[NH+](CC)CCCn1c(C)c(C(=O)C(N)=O)c2c(OCC(=O)OC(C)(C)C)cccc21. The van der Waals surface area contributed by atoms with Gasteiger partial charge in [0.15, 0.2) is 6.61 Å². The predicted molar refractivity (Wildman–Crippen MR) is 134 cm³/mol. The van der Waals surface area contributed by atoms with Crippen molar-refractivity contribution in [3.63, 3.8) is 0 Å². The standard InChI is InChI=1S/C24H35N3O5.C2H6/c1-7-26(8-2)13-10-14-27-16(3)20(22(29)23(25)30)21-17(27)11-9-12-18(21)31-15-19(28)32-24(4,5)6;1-2/h9,11-12H,7-8,10,13-15H2,1-6H3,(H2,25,30);1-2H3/p+1. The van der Waals surface area contributed by atoms with Crippen LogP contribution in [0.4, 0.5) is 0 Å². The molecule has 1 aromatic heterocycles. The number of benzene rings is 1. The Hall–Kier alpha value is -2.87. The zero-order chi connectivity index (χ0) is 26.1. The highest BCUT2D eigenvalue weighted by molar-refractivity contribution is 6.45. The highest BCUT2D eigenvalue weighted by Crippen LogP contribution is 2.34. The second-order valence-corrected chi connectivity index (χ2v) is 8.89. The van der Waals surface area contributed by atoms with Crippen molar-refractivity contribution in [3.05, 3.63) is 29.5 Å². The van der Waals surface area contributed by atoms with E-state index < -0.39 is 23.3 Å². The topological polar surface area (TPSA) is 105 Å². The Balaban J connectivity index is 0.00000281. The van der Waals surface area contributed by atoms with Gasteiger partial charge < -0.3 is 24.7 Å². The van der Waals surface area contributed by atoms with Gasteiger partial charge in [0.2, 0.25) is 0 Å². The van der Waals surface area contributed by atoms with E-state index in [4.69, 9.17) is 15.2 Å². The van der Waals surface area contributed by atoms with Crippen molar-refractivity contribution >= 4 is 28.6 Å². The van der Waals surface area contributed by atoms with E-state index in [9.17, 15) is 14.4 Å². The lowest BCUT2D eigenvalue weighted by Gasteiger charge is -2.19. The maximum atomic E-state index is 12.7. The van der Waals surface area contributed by atoms with Gasteiger partial charge in [-0.25, -0.2) is 4.79 Å². The summed E-state index contributed by atoms with van der Waals surface area (Å²) in [5, 5.41) is 0.493. The van der Waals surface area contributed by atoms with Crippen LogP contribution in [0.15, 0.2) is 18.2 Å². The lowest BCUT2D eigenvalue weighted by Crippen LogP contribution is -3.11. The fourth-order valence-electron chi connectivity index (χ4n) is 3.90. The molecule has 0 saturated heterocycles. The molecule has 0 aliphatic carbocycles. The number of primary amides is 1. The Kier molecular flexibility index (Phi) is 11.3. The van der Waals surface area contributed by atoms with Crippen molar-refractivity contribution in [1.29, 1.82) is 0 Å². The highest BCUT2D eigenvalue weighted by Gasteiger charge is 2.26. The van der Waals surface area contributed by atoms with Gasteiger partial charge in [0.25, 0.3) is 11.7 Å². The van der Waals surface area contributed by atoms with Gasteiger partial charge in [0, 0.05) is 18.7 Å². The molecule has 0 unspecified atom stereocenters. The molecule has 2 aromatic rings. The number of ketones is 1. The number of esters is 1. The third-order valence-corrected chi connectivity index (χ3v) is 5.44. The first-order valence-corrected chi connectivity index (χ1v) is 12.1. The highest BCUT2D eigenvalue weighted by atomic mass is 16.6. The fraction of sp³-hybridized carbons (Fsp3) is 0.577. The maximum absolute atomic E-state index is 12.7. The van der Waals surface area contributed by atoms with E-state index in [-0.39, 0.29) is 12.2 Å². The third kappa shape index (κ3) is 7.58. The number of aryl methyl sites for hydroxylation is 1. The molecular formula is C26H42N3O5+. The molecule has 1 aromatic carbocycles. The molecule has 3 N–H and O–H groups in total. The van der Waals surface area contributed by atoms with Crippen molar-refractivity contribution in [2.75, 3.05) is 26.2 Å². The van der Waals surface area contributed by atoms with Gasteiger partial charge in [-0.1, -0.05) is 19.9 Å². The van der Waals surface area contributed by atoms with Crippen LogP contribution in [0.1, 0.15) is 70.9 Å². The number of carbonyl (C=O) groups is 3. The van der Waals surface area contributed by atoms with Crippen molar-refractivity contribution in [2.45, 2.75) is 74.0 Å². The number of carbonyl (C=O) groups excluding carboxylic acids is 3. The number of nitrogens with two attached hydrogens (primary N) is 1. The van der Waals surface area contributed by atoms with Crippen molar-refractivity contribution in [1.82, 2.24) is 4.57 Å². The first kappa shape index (κ1) is 29.2. The van der Waals surface area contributed by atoms with Crippen LogP contribution in [0.25, 0.3) is 10.9 Å². The molecule has 1 amide bonds. The van der Waals surface area contributed by atoms with Crippen molar-refractivity contribution < 1.29 is 28.8 Å². The number of nitrogens with one attached hydrogen (secondary N) is 1. The molecule has 1 heterocycles.